The lowest BCUT2D eigenvalue weighted by atomic mass is 10.2. The lowest BCUT2D eigenvalue weighted by Gasteiger charge is -2.07. The number of aromatic nitrogens is 1. The minimum atomic E-state index is -1.24. The van der Waals surface area contributed by atoms with E-state index in [1.54, 1.807) is 0 Å². The number of nitro benzene ring substituents is 1. The highest BCUT2D eigenvalue weighted by atomic mass is 79.9. The number of rotatable bonds is 3. The molecule has 0 aliphatic rings. The van der Waals surface area contributed by atoms with E-state index in [2.05, 4.69) is 20.9 Å². The molecule has 0 atom stereocenters. The van der Waals surface area contributed by atoms with Gasteiger partial charge in [0.2, 0.25) is 0 Å². The van der Waals surface area contributed by atoms with Gasteiger partial charge in [0, 0.05) is 22.9 Å². The van der Waals surface area contributed by atoms with Crippen LogP contribution in [-0.2, 0) is 0 Å². The van der Waals surface area contributed by atoms with Crippen molar-refractivity contribution in [2.24, 2.45) is 0 Å². The summed E-state index contributed by atoms with van der Waals surface area (Å²) in [5.74, 6) is -3.16. The van der Waals surface area contributed by atoms with Crippen LogP contribution in [0, 0.1) is 21.7 Å². The van der Waals surface area contributed by atoms with Crippen LogP contribution in [-0.4, -0.2) is 15.8 Å². The van der Waals surface area contributed by atoms with Crippen LogP contribution in [0.25, 0.3) is 0 Å². The molecule has 0 saturated carbocycles. The Labute approximate surface area is 125 Å². The Balaban J connectivity index is 2.39. The molecule has 21 heavy (non-hydrogen) atoms. The zero-order valence-corrected chi connectivity index (χ0v) is 11.7. The quantitative estimate of drug-likeness (QED) is 0.674. The summed E-state index contributed by atoms with van der Waals surface area (Å²) in [6.45, 7) is 0. The number of carbonyl (C=O) groups excluding carboxylic acids is 1. The lowest BCUT2D eigenvalue weighted by molar-refractivity contribution is -0.384. The highest BCUT2D eigenvalue weighted by Gasteiger charge is 2.22. The number of anilines is 1. The number of hydrogen-bond donors (Lipinski definition) is 1. The van der Waals surface area contributed by atoms with Crippen molar-refractivity contribution >= 4 is 33.2 Å². The second kappa shape index (κ2) is 5.92. The van der Waals surface area contributed by atoms with Crippen molar-refractivity contribution in [2.45, 2.75) is 0 Å². The molecule has 108 valence electrons. The van der Waals surface area contributed by atoms with E-state index in [1.165, 1.54) is 18.5 Å². The minimum absolute atomic E-state index is 0.0578. The zero-order chi connectivity index (χ0) is 15.6. The monoisotopic (exact) mass is 357 g/mol. The maximum absolute atomic E-state index is 13.6. The van der Waals surface area contributed by atoms with Crippen molar-refractivity contribution in [3.05, 3.63) is 62.4 Å². The first-order valence-electron chi connectivity index (χ1n) is 5.44. The average Bonchev–Trinajstić information content (AvgIpc) is 2.41. The summed E-state index contributed by atoms with van der Waals surface area (Å²) in [4.78, 5) is 25.5. The molecule has 1 aromatic carbocycles. The van der Waals surface area contributed by atoms with Gasteiger partial charge in [0.1, 0.15) is 5.82 Å². The minimum Gasteiger partial charge on any atom is -0.314 e. The fourth-order valence-electron chi connectivity index (χ4n) is 1.55. The first-order chi connectivity index (χ1) is 9.88. The van der Waals surface area contributed by atoms with Crippen molar-refractivity contribution in [3.63, 3.8) is 0 Å². The normalized spacial score (nSPS) is 10.2. The molecular weight excluding hydrogens is 352 g/mol. The van der Waals surface area contributed by atoms with E-state index in [9.17, 15) is 23.7 Å². The van der Waals surface area contributed by atoms with Crippen LogP contribution >= 0.6 is 15.9 Å². The maximum atomic E-state index is 13.6. The molecule has 1 amide bonds. The molecule has 2 aromatic rings. The Morgan fingerprint density at radius 3 is 2.62 bits per heavy atom. The Morgan fingerprint density at radius 2 is 2.00 bits per heavy atom. The van der Waals surface area contributed by atoms with Gasteiger partial charge in [0.25, 0.3) is 11.6 Å². The first-order valence-corrected chi connectivity index (χ1v) is 6.23. The van der Waals surface area contributed by atoms with Gasteiger partial charge in [-0.2, -0.15) is 0 Å². The van der Waals surface area contributed by atoms with Crippen molar-refractivity contribution in [1.82, 2.24) is 4.98 Å². The van der Waals surface area contributed by atoms with E-state index >= 15 is 0 Å². The zero-order valence-electron chi connectivity index (χ0n) is 10.1. The van der Waals surface area contributed by atoms with Gasteiger partial charge in [0.05, 0.1) is 16.6 Å². The van der Waals surface area contributed by atoms with E-state index < -0.39 is 33.8 Å². The van der Waals surface area contributed by atoms with Gasteiger partial charge in [-0.3, -0.25) is 19.9 Å². The predicted octanol–water partition coefficient (Wildman–Crippen LogP) is 3.28. The standard InChI is InChI=1S/C12H6BrF2N3O3/c13-7-1-6(4-16-5-7)12(19)17-11-9(15)2-8(14)3-10(11)18(20)21/h1-5H,(H,17,19). The molecule has 0 saturated heterocycles. The molecule has 0 unspecified atom stereocenters. The third kappa shape index (κ3) is 3.37. The fraction of sp³-hybridized carbons (Fsp3) is 0. The lowest BCUT2D eigenvalue weighted by Crippen LogP contribution is -2.15. The summed E-state index contributed by atoms with van der Waals surface area (Å²) < 4.78 is 27.2. The summed E-state index contributed by atoms with van der Waals surface area (Å²) in [6.07, 6.45) is 2.63. The van der Waals surface area contributed by atoms with Crippen LogP contribution in [0.3, 0.4) is 0 Å². The number of nitrogens with zero attached hydrogens (tertiary/aromatic N) is 2. The number of pyridine rings is 1. The van der Waals surface area contributed by atoms with Crippen molar-refractivity contribution in [2.75, 3.05) is 5.32 Å². The molecule has 1 heterocycles. The van der Waals surface area contributed by atoms with E-state index in [0.29, 0.717) is 16.6 Å². The second-order valence-electron chi connectivity index (χ2n) is 3.88. The van der Waals surface area contributed by atoms with Gasteiger partial charge >= 0.3 is 0 Å². The largest absolute Gasteiger partial charge is 0.314 e. The summed E-state index contributed by atoms with van der Waals surface area (Å²) in [7, 11) is 0. The third-order valence-corrected chi connectivity index (χ3v) is 2.87. The highest BCUT2D eigenvalue weighted by Crippen LogP contribution is 2.29. The van der Waals surface area contributed by atoms with Gasteiger partial charge < -0.3 is 5.32 Å². The summed E-state index contributed by atoms with van der Waals surface area (Å²) >= 11 is 3.10. The smallest absolute Gasteiger partial charge is 0.298 e. The molecule has 6 nitrogen and oxygen atoms in total. The SMILES string of the molecule is O=C(Nc1c(F)cc(F)cc1[N+](=O)[O-])c1cncc(Br)c1. The average molecular weight is 358 g/mol. The number of benzene rings is 1. The van der Waals surface area contributed by atoms with Crippen LogP contribution in [0.4, 0.5) is 20.2 Å². The molecule has 0 radical (unpaired) electrons. The second-order valence-corrected chi connectivity index (χ2v) is 4.80. The summed E-state index contributed by atoms with van der Waals surface area (Å²) in [5, 5.41) is 12.8. The molecule has 9 heteroatoms. The maximum Gasteiger partial charge on any atom is 0.298 e. The van der Waals surface area contributed by atoms with Crippen LogP contribution < -0.4 is 5.32 Å². The van der Waals surface area contributed by atoms with Crippen molar-refractivity contribution in [3.8, 4) is 0 Å². The van der Waals surface area contributed by atoms with Crippen molar-refractivity contribution < 1.29 is 18.5 Å². The number of carbonyl (C=O) groups is 1. The van der Waals surface area contributed by atoms with Crippen LogP contribution in [0.15, 0.2) is 35.1 Å². The van der Waals surface area contributed by atoms with Crippen molar-refractivity contribution in [1.29, 1.82) is 0 Å². The number of halogens is 3. The van der Waals surface area contributed by atoms with Crippen LogP contribution in [0.5, 0.6) is 0 Å². The van der Waals surface area contributed by atoms with E-state index in [-0.39, 0.29) is 5.56 Å². The Bertz CT molecular complexity index is 740. The van der Waals surface area contributed by atoms with Crippen LogP contribution in [0.2, 0.25) is 0 Å². The van der Waals surface area contributed by atoms with Crippen LogP contribution in [0.1, 0.15) is 10.4 Å². The number of nitrogens with one attached hydrogen (secondary N) is 1. The topological polar surface area (TPSA) is 85.1 Å². The first kappa shape index (κ1) is 15.0. The summed E-state index contributed by atoms with van der Waals surface area (Å²) in [6, 6.07) is 2.37. The van der Waals surface area contributed by atoms with E-state index in [1.807, 2.05) is 5.32 Å². The van der Waals surface area contributed by atoms with Gasteiger partial charge in [-0.05, 0) is 22.0 Å². The fourth-order valence-corrected chi connectivity index (χ4v) is 1.91. The molecule has 0 bridgehead atoms. The molecule has 1 aromatic heterocycles. The number of amides is 1. The molecule has 0 aliphatic carbocycles. The molecule has 0 spiro atoms. The molecule has 2 rings (SSSR count). The molecule has 0 aliphatic heterocycles. The molecule has 0 fully saturated rings. The van der Waals surface area contributed by atoms with Gasteiger partial charge in [-0.15, -0.1) is 0 Å². The molecular formula is C12H6BrF2N3O3. The predicted molar refractivity (Wildman–Crippen MR) is 72.9 cm³/mol. The highest BCUT2D eigenvalue weighted by molar-refractivity contribution is 9.10. The molecule has 1 N–H and O–H groups in total. The van der Waals surface area contributed by atoms with E-state index in [4.69, 9.17) is 0 Å². The number of hydrogen-bond acceptors (Lipinski definition) is 4. The van der Waals surface area contributed by atoms with E-state index in [0.717, 1.165) is 0 Å². The Morgan fingerprint density at radius 1 is 1.29 bits per heavy atom. The Hall–Kier alpha value is -2.42. The third-order valence-electron chi connectivity index (χ3n) is 2.44. The summed E-state index contributed by atoms with van der Waals surface area (Å²) in [5.41, 5.74) is -1.52. The Kier molecular flexibility index (Phi) is 4.22. The number of nitro groups is 1. The van der Waals surface area contributed by atoms with Gasteiger partial charge in [-0.1, -0.05) is 0 Å². The van der Waals surface area contributed by atoms with Gasteiger partial charge in [-0.25, -0.2) is 8.78 Å². The van der Waals surface area contributed by atoms with Gasteiger partial charge in [0.15, 0.2) is 11.5 Å².